The fourth-order valence-electron chi connectivity index (χ4n) is 0.0227. The summed E-state index contributed by atoms with van der Waals surface area (Å²) in [6.07, 6.45) is 0. The van der Waals surface area contributed by atoms with Crippen LogP contribution in [0.4, 0.5) is 0 Å². The van der Waals surface area contributed by atoms with Crippen LogP contribution in [-0.2, 0) is 20.2 Å². The van der Waals surface area contributed by atoms with E-state index in [1.807, 2.05) is 0 Å². The van der Waals surface area contributed by atoms with E-state index < -0.39 is 0 Å². The summed E-state index contributed by atoms with van der Waals surface area (Å²) in [5, 5.41) is 28.0. The second-order valence-corrected chi connectivity index (χ2v) is 0.272. The van der Waals surface area contributed by atoms with E-state index in [4.69, 9.17) is 10.5 Å². The molecular weight excluding hydrogens is 267 g/mol. The van der Waals surface area contributed by atoms with Gasteiger partial charge in [0, 0.05) is 0 Å². The second-order valence-electron chi connectivity index (χ2n) is 0.272. The van der Waals surface area contributed by atoms with Crippen LogP contribution in [-0.4, -0.2) is 0 Å². The van der Waals surface area contributed by atoms with E-state index in [1.165, 1.54) is 0 Å². The Balaban J connectivity index is -0.000000125. The summed E-state index contributed by atoms with van der Waals surface area (Å²) >= 11 is 0. The van der Waals surface area contributed by atoms with Crippen molar-refractivity contribution >= 4 is 0 Å². The fraction of sp³-hybridized carbons (Fsp3) is 0. The molecule has 0 bridgehead atoms. The van der Waals surface area contributed by atoms with Gasteiger partial charge in [0.05, 0.1) is 0 Å². The first kappa shape index (κ1) is 17.5. The Kier molecular flexibility index (Phi) is 36.6. The number of rotatable bonds is 3. The van der Waals surface area contributed by atoms with Crippen LogP contribution in [0.1, 0.15) is 0 Å². The first-order valence-electron chi connectivity index (χ1n) is 0.833. The number of hydrogen-bond donors (Lipinski definition) is 0. The van der Waals surface area contributed by atoms with Crippen LogP contribution >= 0.6 is 0 Å². The maximum Gasteiger partial charge on any atom is 1.00 e. The maximum atomic E-state index is 8.62. The Morgan fingerprint density at radius 1 is 0.750 bits per heavy atom. The molecule has 0 rings (SSSR count). The average molecular weight is 267 g/mol. The zero-order valence-electron chi connectivity index (χ0n) is 4.45. The van der Waals surface area contributed by atoms with Gasteiger partial charge in [-0.25, -0.2) is 0 Å². The Labute approximate surface area is 143 Å². The van der Waals surface area contributed by atoms with Gasteiger partial charge in [-0.15, -0.1) is 0 Å². The summed E-state index contributed by atoms with van der Waals surface area (Å²) in [4.78, 5) is 0. The molecule has 8 heteroatoms. The number of hydrogen-bond acceptors (Lipinski definition) is 6. The van der Waals surface area contributed by atoms with Crippen molar-refractivity contribution in [3.05, 3.63) is 0 Å². The molecule has 0 unspecified atom stereocenters. The minimum Gasteiger partial charge on any atom is -0.689 e. The molecule has 0 saturated heterocycles. The van der Waals surface area contributed by atoms with Crippen LogP contribution in [0.25, 0.3) is 0 Å². The van der Waals surface area contributed by atoms with Crippen LogP contribution in [0, 0.1) is 0 Å². The van der Waals surface area contributed by atoms with E-state index >= 15 is 0 Å². The minimum atomic E-state index is 0. The Morgan fingerprint density at radius 3 is 1.12 bits per heavy atom. The molecule has 0 N–H and O–H groups in total. The van der Waals surface area contributed by atoms with E-state index in [1.54, 1.807) is 0 Å². The molecule has 0 saturated carbocycles. The quantitative estimate of drug-likeness (QED) is 0.287. The van der Waals surface area contributed by atoms with Gasteiger partial charge in [-0.05, 0) is 10.1 Å². The van der Waals surface area contributed by atoms with E-state index in [9.17, 15) is 0 Å². The molecule has 0 aliphatic heterocycles. The molecule has 0 radical (unpaired) electrons. The predicted octanol–water partition coefficient (Wildman–Crippen LogP) is -8.64. The molecule has 0 aromatic heterocycles. The third kappa shape index (κ3) is 16.2. The van der Waals surface area contributed by atoms with Gasteiger partial charge >= 0.3 is 116 Å². The van der Waals surface area contributed by atoms with Gasteiger partial charge in [-0.1, -0.05) is 0 Å². The van der Waals surface area contributed by atoms with Gasteiger partial charge in [-0.3, -0.25) is 10.1 Å². The topological polar surface area (TPSA) is 83.0 Å². The molecule has 38 valence electrons. The van der Waals surface area contributed by atoms with Crippen molar-refractivity contribution in [2.45, 2.75) is 0 Å². The summed E-state index contributed by atoms with van der Waals surface area (Å²) in [7, 11) is 0. The van der Waals surface area contributed by atoms with E-state index in [0.717, 1.165) is 0 Å². The zero-order chi connectivity index (χ0) is 4.83. The van der Waals surface area contributed by atoms with E-state index in [-0.39, 0.29) is 116 Å². The Hall–Kier alpha value is 3.37. The molecule has 0 aliphatic carbocycles. The standard InChI is InChI=1S/H2O6.2Rb/c1-3-5-6-4-2;;/h1-2H;;/q;2*+1/p-2. The molecule has 0 aromatic carbocycles. The van der Waals surface area contributed by atoms with Crippen LogP contribution in [0.2, 0.25) is 0 Å². The molecule has 0 fully saturated rings. The molecule has 8 heavy (non-hydrogen) atoms. The summed E-state index contributed by atoms with van der Waals surface area (Å²) in [6, 6.07) is 0. The predicted molar refractivity (Wildman–Crippen MR) is 4.34 cm³/mol. The van der Waals surface area contributed by atoms with Crippen LogP contribution in [0.3, 0.4) is 0 Å². The molecule has 0 aliphatic rings. The van der Waals surface area contributed by atoms with Gasteiger partial charge in [0.2, 0.25) is 0 Å². The Morgan fingerprint density at radius 2 is 1.00 bits per heavy atom. The summed E-state index contributed by atoms with van der Waals surface area (Å²) < 4.78 is 0. The van der Waals surface area contributed by atoms with Gasteiger partial charge in [0.15, 0.2) is 0 Å². The van der Waals surface area contributed by atoms with Crippen molar-refractivity contribution in [3.63, 3.8) is 0 Å². The van der Waals surface area contributed by atoms with E-state index in [2.05, 4.69) is 20.2 Å². The monoisotopic (exact) mass is 266 g/mol. The maximum absolute atomic E-state index is 8.62. The second kappa shape index (κ2) is 16.8. The third-order valence-corrected chi connectivity index (χ3v) is 0.0833. The summed E-state index contributed by atoms with van der Waals surface area (Å²) in [5.41, 5.74) is 0. The molecule has 0 aromatic rings. The van der Waals surface area contributed by atoms with Crippen molar-refractivity contribution in [2.75, 3.05) is 0 Å². The van der Waals surface area contributed by atoms with Gasteiger partial charge in [-0.2, -0.15) is 0 Å². The van der Waals surface area contributed by atoms with Crippen molar-refractivity contribution in [2.24, 2.45) is 0 Å². The van der Waals surface area contributed by atoms with Crippen LogP contribution < -0.4 is 127 Å². The van der Waals surface area contributed by atoms with Crippen molar-refractivity contribution in [1.29, 1.82) is 0 Å². The van der Waals surface area contributed by atoms with Crippen molar-refractivity contribution in [1.82, 2.24) is 0 Å². The van der Waals surface area contributed by atoms with Crippen LogP contribution in [0.15, 0.2) is 0 Å². The Bertz CT molecular complexity index is 18.5. The molecule has 0 heterocycles. The third-order valence-electron chi connectivity index (χ3n) is 0.0833. The van der Waals surface area contributed by atoms with Crippen LogP contribution in [0.5, 0.6) is 0 Å². The van der Waals surface area contributed by atoms with Crippen molar-refractivity contribution in [3.8, 4) is 0 Å². The molecule has 0 amide bonds. The summed E-state index contributed by atoms with van der Waals surface area (Å²) in [5.74, 6) is 0. The largest absolute Gasteiger partial charge is 1.00 e. The summed E-state index contributed by atoms with van der Waals surface area (Å²) in [6.45, 7) is 0. The smallest absolute Gasteiger partial charge is 0.689 e. The zero-order valence-corrected chi connectivity index (χ0v) is 14.3. The average Bonchev–Trinajstić information content (AvgIpc) is 1.61. The van der Waals surface area contributed by atoms with Gasteiger partial charge in [0.1, 0.15) is 0 Å². The molecular formula is O6Rb2. The van der Waals surface area contributed by atoms with Gasteiger partial charge < -0.3 is 10.5 Å². The normalized spacial score (nSPS) is 6.75. The molecule has 0 atom stereocenters. The SMILES string of the molecule is [O-]OOOO[O-].[Rb+].[Rb+]. The first-order chi connectivity index (χ1) is 2.91. The van der Waals surface area contributed by atoms with Gasteiger partial charge in [0.25, 0.3) is 0 Å². The molecule has 6 nitrogen and oxygen atoms in total. The van der Waals surface area contributed by atoms with Crippen molar-refractivity contribution < 1.29 is 147 Å². The van der Waals surface area contributed by atoms with E-state index in [0.29, 0.717) is 0 Å². The minimum absolute atomic E-state index is 0. The fourth-order valence-corrected chi connectivity index (χ4v) is 0.0227. The molecule has 0 spiro atoms. The first-order valence-corrected chi connectivity index (χ1v) is 0.833.